The van der Waals surface area contributed by atoms with Gasteiger partial charge in [-0.1, -0.05) is 30.2 Å². The lowest BCUT2D eigenvalue weighted by molar-refractivity contribution is 0.248. The van der Waals surface area contributed by atoms with Gasteiger partial charge in [-0.25, -0.2) is 4.98 Å². The molecule has 0 saturated carbocycles. The second-order valence-corrected chi connectivity index (χ2v) is 5.52. The summed E-state index contributed by atoms with van der Waals surface area (Å²) in [5.74, 6) is 3.58. The van der Waals surface area contributed by atoms with E-state index in [1.165, 1.54) is 0 Å². The minimum Gasteiger partial charge on any atom is -0.310 e. The van der Waals surface area contributed by atoms with E-state index in [0.29, 0.717) is 5.39 Å². The second kappa shape index (κ2) is 6.59. The Morgan fingerprint density at radius 2 is 2.23 bits per heavy atom. The van der Waals surface area contributed by atoms with Crippen molar-refractivity contribution < 1.29 is 0 Å². The average Bonchev–Trinajstić information content (AvgIpc) is 2.55. The lowest BCUT2D eigenvalue weighted by Gasteiger charge is -2.29. The van der Waals surface area contributed by atoms with Crippen molar-refractivity contribution in [2.24, 2.45) is 0 Å². The molecule has 2 heterocycles. The van der Waals surface area contributed by atoms with Crippen molar-refractivity contribution in [1.29, 1.82) is 0 Å². The fourth-order valence-corrected chi connectivity index (χ4v) is 2.83. The lowest BCUT2D eigenvalue weighted by atomic mass is 10.1. The standard InChI is InChI=1S/C18H19N3O/c1-2-14-8-5-6-12-21(14)13-7-11-17-19-16-10-4-3-9-15(16)18(22)20-17/h1,3-6,9-10,14H,7-8,11-13H2,(H,19,20,22). The first kappa shape index (κ1) is 14.6. The van der Waals surface area contributed by atoms with Crippen LogP contribution in [0.5, 0.6) is 0 Å². The normalized spacial score (nSPS) is 18.4. The summed E-state index contributed by atoms with van der Waals surface area (Å²) in [5, 5.41) is 0.639. The molecule has 0 aliphatic carbocycles. The number of hydrogen-bond acceptors (Lipinski definition) is 3. The van der Waals surface area contributed by atoms with Crippen LogP contribution < -0.4 is 5.56 Å². The van der Waals surface area contributed by atoms with Crippen molar-refractivity contribution in [3.63, 3.8) is 0 Å². The van der Waals surface area contributed by atoms with Crippen molar-refractivity contribution in [3.8, 4) is 12.3 Å². The lowest BCUT2D eigenvalue weighted by Crippen LogP contribution is -2.37. The fourth-order valence-electron chi connectivity index (χ4n) is 2.83. The van der Waals surface area contributed by atoms with E-state index >= 15 is 0 Å². The van der Waals surface area contributed by atoms with Gasteiger partial charge in [0.15, 0.2) is 0 Å². The highest BCUT2D eigenvalue weighted by Crippen LogP contribution is 2.12. The predicted molar refractivity (Wildman–Crippen MR) is 88.6 cm³/mol. The number of hydrogen-bond donors (Lipinski definition) is 1. The summed E-state index contributed by atoms with van der Waals surface area (Å²) in [6.07, 6.45) is 12.5. The summed E-state index contributed by atoms with van der Waals surface area (Å²) < 4.78 is 0. The van der Waals surface area contributed by atoms with Gasteiger partial charge in [-0.3, -0.25) is 9.69 Å². The molecule has 1 atom stereocenters. The minimum atomic E-state index is -0.0667. The number of nitrogens with zero attached hydrogens (tertiary/aromatic N) is 2. The molecular formula is C18H19N3O. The second-order valence-electron chi connectivity index (χ2n) is 5.52. The van der Waals surface area contributed by atoms with Gasteiger partial charge in [-0.05, 0) is 25.0 Å². The maximum absolute atomic E-state index is 12.0. The molecule has 0 amide bonds. The first-order valence-corrected chi connectivity index (χ1v) is 7.61. The van der Waals surface area contributed by atoms with Crippen LogP contribution in [0.4, 0.5) is 0 Å². The Bertz CT molecular complexity index is 785. The first-order valence-electron chi connectivity index (χ1n) is 7.61. The van der Waals surface area contributed by atoms with Crippen LogP contribution in [0.15, 0.2) is 41.2 Å². The molecule has 0 spiro atoms. The average molecular weight is 293 g/mol. The Morgan fingerprint density at radius 3 is 3.09 bits per heavy atom. The molecule has 0 bridgehead atoms. The Kier molecular flexibility index (Phi) is 4.36. The van der Waals surface area contributed by atoms with Crippen molar-refractivity contribution in [2.75, 3.05) is 13.1 Å². The molecule has 22 heavy (non-hydrogen) atoms. The number of nitrogens with one attached hydrogen (secondary N) is 1. The SMILES string of the molecule is C#CC1CC=CCN1CCCc1nc2ccccc2c(=O)[nH]1. The van der Waals surface area contributed by atoms with Gasteiger partial charge in [0.1, 0.15) is 5.82 Å². The number of H-pyrrole nitrogens is 1. The van der Waals surface area contributed by atoms with Crippen molar-refractivity contribution >= 4 is 10.9 Å². The largest absolute Gasteiger partial charge is 0.310 e. The first-order chi connectivity index (χ1) is 10.8. The topological polar surface area (TPSA) is 49.0 Å². The Morgan fingerprint density at radius 1 is 1.36 bits per heavy atom. The van der Waals surface area contributed by atoms with Crippen LogP contribution in [-0.2, 0) is 6.42 Å². The van der Waals surface area contributed by atoms with Gasteiger partial charge < -0.3 is 4.98 Å². The van der Waals surface area contributed by atoms with Crippen molar-refractivity contribution in [2.45, 2.75) is 25.3 Å². The summed E-state index contributed by atoms with van der Waals surface area (Å²) in [6, 6.07) is 7.60. The minimum absolute atomic E-state index is 0.0667. The van der Waals surface area contributed by atoms with Crippen LogP contribution in [0, 0.1) is 12.3 Å². The molecule has 0 fully saturated rings. The molecular weight excluding hydrogens is 274 g/mol. The number of fused-ring (bicyclic) bond motifs is 1. The molecule has 3 rings (SSSR count). The highest BCUT2D eigenvalue weighted by molar-refractivity contribution is 5.77. The summed E-state index contributed by atoms with van der Waals surface area (Å²) in [7, 11) is 0. The highest BCUT2D eigenvalue weighted by atomic mass is 16.1. The van der Waals surface area contributed by atoms with Gasteiger partial charge in [0.05, 0.1) is 16.9 Å². The van der Waals surface area contributed by atoms with Gasteiger partial charge in [0, 0.05) is 19.5 Å². The molecule has 1 aromatic heterocycles. The molecule has 1 aliphatic heterocycles. The summed E-state index contributed by atoms with van der Waals surface area (Å²) in [4.78, 5) is 21.7. The van der Waals surface area contributed by atoms with E-state index < -0.39 is 0 Å². The quantitative estimate of drug-likeness (QED) is 0.694. The summed E-state index contributed by atoms with van der Waals surface area (Å²) >= 11 is 0. The third-order valence-corrected chi connectivity index (χ3v) is 4.02. The van der Waals surface area contributed by atoms with Gasteiger partial charge in [0.2, 0.25) is 0 Å². The molecule has 0 saturated heterocycles. The van der Waals surface area contributed by atoms with Crippen LogP contribution in [0.1, 0.15) is 18.7 Å². The number of benzene rings is 1. The Labute approximate surface area is 129 Å². The van der Waals surface area contributed by atoms with E-state index in [2.05, 4.69) is 32.9 Å². The van der Waals surface area contributed by atoms with E-state index in [4.69, 9.17) is 6.42 Å². The third-order valence-electron chi connectivity index (χ3n) is 4.02. The van der Waals surface area contributed by atoms with Crippen LogP contribution in [0.25, 0.3) is 10.9 Å². The van der Waals surface area contributed by atoms with E-state index in [0.717, 1.165) is 43.7 Å². The number of terminal acetylenes is 1. The number of aromatic amines is 1. The molecule has 2 aromatic rings. The molecule has 1 unspecified atom stereocenters. The van der Waals surface area contributed by atoms with Gasteiger partial charge >= 0.3 is 0 Å². The monoisotopic (exact) mass is 293 g/mol. The van der Waals surface area contributed by atoms with E-state index in [-0.39, 0.29) is 11.6 Å². The Hall–Kier alpha value is -2.38. The van der Waals surface area contributed by atoms with Crippen LogP contribution in [0.2, 0.25) is 0 Å². The summed E-state index contributed by atoms with van der Waals surface area (Å²) in [6.45, 7) is 1.81. The molecule has 4 nitrogen and oxygen atoms in total. The zero-order valence-corrected chi connectivity index (χ0v) is 12.5. The van der Waals surface area contributed by atoms with E-state index in [9.17, 15) is 4.79 Å². The number of para-hydroxylation sites is 1. The Balaban J connectivity index is 1.66. The molecule has 1 aliphatic rings. The van der Waals surface area contributed by atoms with Crippen LogP contribution >= 0.6 is 0 Å². The molecule has 4 heteroatoms. The van der Waals surface area contributed by atoms with Crippen molar-refractivity contribution in [1.82, 2.24) is 14.9 Å². The van der Waals surface area contributed by atoms with Crippen molar-refractivity contribution in [3.05, 3.63) is 52.6 Å². The number of aryl methyl sites for hydroxylation is 1. The maximum Gasteiger partial charge on any atom is 0.258 e. The predicted octanol–water partition coefficient (Wildman–Crippen LogP) is 2.12. The molecule has 112 valence electrons. The van der Waals surface area contributed by atoms with Gasteiger partial charge in [-0.2, -0.15) is 0 Å². The fraction of sp³-hybridized carbons (Fsp3) is 0.333. The zero-order valence-electron chi connectivity index (χ0n) is 12.5. The molecule has 0 radical (unpaired) electrons. The highest BCUT2D eigenvalue weighted by Gasteiger charge is 2.16. The number of rotatable bonds is 4. The van der Waals surface area contributed by atoms with Crippen LogP contribution in [0.3, 0.4) is 0 Å². The van der Waals surface area contributed by atoms with Gasteiger partial charge in [0.25, 0.3) is 5.56 Å². The third kappa shape index (κ3) is 3.10. The van der Waals surface area contributed by atoms with Gasteiger partial charge in [-0.15, -0.1) is 6.42 Å². The van der Waals surface area contributed by atoms with Crippen LogP contribution in [-0.4, -0.2) is 34.0 Å². The molecule has 1 aromatic carbocycles. The maximum atomic E-state index is 12.0. The zero-order chi connectivity index (χ0) is 15.4. The number of aromatic nitrogens is 2. The molecule has 1 N–H and O–H groups in total. The van der Waals surface area contributed by atoms with E-state index in [1.54, 1.807) is 6.07 Å². The summed E-state index contributed by atoms with van der Waals surface area (Å²) in [5.41, 5.74) is 0.687. The van der Waals surface area contributed by atoms with E-state index in [1.807, 2.05) is 18.2 Å². The smallest absolute Gasteiger partial charge is 0.258 e.